The SMILES string of the molecule is Cc1cc(=O)oc2cc(OCC(=O)OCC(=O)N[C@H](C)C3CC3)ccc12. The van der Waals surface area contributed by atoms with E-state index in [1.54, 1.807) is 18.2 Å². The molecule has 2 aromatic rings. The Morgan fingerprint density at radius 1 is 1.27 bits per heavy atom. The van der Waals surface area contributed by atoms with Gasteiger partial charge in [0.15, 0.2) is 13.2 Å². The quantitative estimate of drug-likeness (QED) is 0.600. The van der Waals surface area contributed by atoms with Crippen molar-refractivity contribution >= 4 is 22.8 Å². The summed E-state index contributed by atoms with van der Waals surface area (Å²) in [7, 11) is 0. The van der Waals surface area contributed by atoms with E-state index in [0.29, 0.717) is 17.3 Å². The van der Waals surface area contributed by atoms with Crippen molar-refractivity contribution in [2.24, 2.45) is 5.92 Å². The topological polar surface area (TPSA) is 94.8 Å². The van der Waals surface area contributed by atoms with Gasteiger partial charge in [0, 0.05) is 23.6 Å². The van der Waals surface area contributed by atoms with Gasteiger partial charge in [-0.15, -0.1) is 0 Å². The Morgan fingerprint density at radius 2 is 2.04 bits per heavy atom. The maximum absolute atomic E-state index is 11.7. The molecule has 0 unspecified atom stereocenters. The van der Waals surface area contributed by atoms with Gasteiger partial charge in [0.2, 0.25) is 0 Å². The smallest absolute Gasteiger partial charge is 0.344 e. The summed E-state index contributed by atoms with van der Waals surface area (Å²) in [5.41, 5.74) is 0.737. The van der Waals surface area contributed by atoms with Crippen LogP contribution in [0.25, 0.3) is 11.0 Å². The first-order valence-corrected chi connectivity index (χ1v) is 8.54. The number of esters is 1. The third-order valence-corrected chi connectivity index (χ3v) is 4.36. The van der Waals surface area contributed by atoms with E-state index in [9.17, 15) is 14.4 Å². The minimum atomic E-state index is -0.648. The molecule has 1 fully saturated rings. The number of hydrogen-bond donors (Lipinski definition) is 1. The number of fused-ring (bicyclic) bond motifs is 1. The lowest BCUT2D eigenvalue weighted by Gasteiger charge is -2.13. The number of hydrogen-bond acceptors (Lipinski definition) is 6. The molecule has 26 heavy (non-hydrogen) atoms. The first-order chi connectivity index (χ1) is 12.4. The molecule has 3 rings (SSSR count). The first kappa shape index (κ1) is 18.0. The molecule has 0 radical (unpaired) electrons. The lowest BCUT2D eigenvalue weighted by Crippen LogP contribution is -2.37. The van der Waals surface area contributed by atoms with Gasteiger partial charge in [-0.1, -0.05) is 0 Å². The van der Waals surface area contributed by atoms with Gasteiger partial charge in [0.1, 0.15) is 11.3 Å². The summed E-state index contributed by atoms with van der Waals surface area (Å²) in [4.78, 5) is 34.9. The minimum Gasteiger partial charge on any atom is -0.482 e. The van der Waals surface area contributed by atoms with Crippen molar-refractivity contribution in [3.63, 3.8) is 0 Å². The normalized spacial score (nSPS) is 14.7. The number of amides is 1. The highest BCUT2D eigenvalue weighted by Crippen LogP contribution is 2.32. The van der Waals surface area contributed by atoms with Gasteiger partial charge >= 0.3 is 11.6 Å². The van der Waals surface area contributed by atoms with E-state index in [2.05, 4.69) is 5.32 Å². The zero-order chi connectivity index (χ0) is 18.7. The average Bonchev–Trinajstić information content (AvgIpc) is 3.42. The van der Waals surface area contributed by atoms with Crippen LogP contribution in [0.1, 0.15) is 25.3 Å². The Bertz CT molecular complexity index is 883. The van der Waals surface area contributed by atoms with E-state index < -0.39 is 11.6 Å². The second-order valence-corrected chi connectivity index (χ2v) is 6.55. The molecule has 1 aliphatic carbocycles. The second kappa shape index (κ2) is 7.59. The highest BCUT2D eigenvalue weighted by molar-refractivity contribution is 5.82. The second-order valence-electron chi connectivity index (χ2n) is 6.55. The fraction of sp³-hybridized carbons (Fsp3) is 0.421. The number of rotatable bonds is 7. The molecule has 7 nitrogen and oxygen atoms in total. The Kier molecular flexibility index (Phi) is 5.25. The van der Waals surface area contributed by atoms with Crippen LogP contribution in [0.15, 0.2) is 33.5 Å². The van der Waals surface area contributed by atoms with Crippen molar-refractivity contribution in [3.8, 4) is 5.75 Å². The number of carbonyl (C=O) groups excluding carboxylic acids is 2. The highest BCUT2D eigenvalue weighted by Gasteiger charge is 2.28. The minimum absolute atomic E-state index is 0.105. The third kappa shape index (κ3) is 4.62. The zero-order valence-electron chi connectivity index (χ0n) is 14.7. The van der Waals surface area contributed by atoms with Crippen LogP contribution in [0.4, 0.5) is 0 Å². The number of carbonyl (C=O) groups is 2. The molecule has 138 valence electrons. The molecular formula is C19H21NO6. The molecule has 1 amide bonds. The Balaban J connectivity index is 1.48. The van der Waals surface area contributed by atoms with Crippen LogP contribution in [0, 0.1) is 12.8 Å². The monoisotopic (exact) mass is 359 g/mol. The Hall–Kier alpha value is -2.83. The lowest BCUT2D eigenvalue weighted by molar-refractivity contribution is -0.150. The Labute approximate surface area is 150 Å². The van der Waals surface area contributed by atoms with Crippen LogP contribution in [0.5, 0.6) is 5.75 Å². The summed E-state index contributed by atoms with van der Waals surface area (Å²) in [6.45, 7) is 3.09. The maximum Gasteiger partial charge on any atom is 0.344 e. The third-order valence-electron chi connectivity index (χ3n) is 4.36. The first-order valence-electron chi connectivity index (χ1n) is 8.54. The van der Waals surface area contributed by atoms with Gasteiger partial charge in [0.05, 0.1) is 0 Å². The molecule has 7 heteroatoms. The number of aryl methyl sites for hydroxylation is 1. The summed E-state index contributed by atoms with van der Waals surface area (Å²) in [6, 6.07) is 6.48. The molecule has 1 aromatic heterocycles. The number of nitrogens with one attached hydrogen (secondary N) is 1. The highest BCUT2D eigenvalue weighted by atomic mass is 16.6. The van der Waals surface area contributed by atoms with E-state index in [1.807, 2.05) is 13.8 Å². The summed E-state index contributed by atoms with van der Waals surface area (Å²) < 4.78 is 15.4. The van der Waals surface area contributed by atoms with Gasteiger partial charge < -0.3 is 19.2 Å². The van der Waals surface area contributed by atoms with E-state index >= 15 is 0 Å². The molecule has 1 aromatic carbocycles. The van der Waals surface area contributed by atoms with Crippen LogP contribution in [-0.2, 0) is 14.3 Å². The number of benzene rings is 1. The predicted octanol–water partition coefficient (Wildman–Crippen LogP) is 1.94. The summed E-state index contributed by atoms with van der Waals surface area (Å²) in [6.07, 6.45) is 2.25. The molecule has 0 aliphatic heterocycles. The molecule has 0 spiro atoms. The van der Waals surface area contributed by atoms with E-state index in [4.69, 9.17) is 13.9 Å². The fourth-order valence-electron chi connectivity index (χ4n) is 2.73. The van der Waals surface area contributed by atoms with E-state index in [-0.39, 0.29) is 25.2 Å². The van der Waals surface area contributed by atoms with Gasteiger partial charge in [-0.25, -0.2) is 9.59 Å². The van der Waals surface area contributed by atoms with Crippen molar-refractivity contribution < 1.29 is 23.5 Å². The van der Waals surface area contributed by atoms with Crippen LogP contribution < -0.4 is 15.7 Å². The summed E-state index contributed by atoms with van der Waals surface area (Å²) in [5.74, 6) is -0.0599. The van der Waals surface area contributed by atoms with Gasteiger partial charge in [-0.2, -0.15) is 0 Å². The van der Waals surface area contributed by atoms with Crippen molar-refractivity contribution in [1.82, 2.24) is 5.32 Å². The molecule has 1 N–H and O–H groups in total. The molecule has 0 saturated heterocycles. The van der Waals surface area contributed by atoms with Gasteiger partial charge in [-0.3, -0.25) is 4.79 Å². The molecule has 1 heterocycles. The molecule has 0 bridgehead atoms. The lowest BCUT2D eigenvalue weighted by atomic mass is 10.1. The molecular weight excluding hydrogens is 338 g/mol. The van der Waals surface area contributed by atoms with Crippen molar-refractivity contribution in [1.29, 1.82) is 0 Å². The van der Waals surface area contributed by atoms with Gasteiger partial charge in [0.25, 0.3) is 5.91 Å². The van der Waals surface area contributed by atoms with Crippen LogP contribution in [0.2, 0.25) is 0 Å². The van der Waals surface area contributed by atoms with Gasteiger partial charge in [-0.05, 0) is 50.3 Å². The van der Waals surface area contributed by atoms with Crippen molar-refractivity contribution in [2.75, 3.05) is 13.2 Å². The molecule has 1 atom stereocenters. The van der Waals surface area contributed by atoms with E-state index in [0.717, 1.165) is 23.8 Å². The summed E-state index contributed by atoms with van der Waals surface area (Å²) >= 11 is 0. The van der Waals surface area contributed by atoms with Crippen LogP contribution in [-0.4, -0.2) is 31.1 Å². The van der Waals surface area contributed by atoms with E-state index in [1.165, 1.54) is 6.07 Å². The largest absolute Gasteiger partial charge is 0.482 e. The van der Waals surface area contributed by atoms with Crippen LogP contribution in [0.3, 0.4) is 0 Å². The van der Waals surface area contributed by atoms with Crippen LogP contribution >= 0.6 is 0 Å². The number of ether oxygens (including phenoxy) is 2. The zero-order valence-corrected chi connectivity index (χ0v) is 14.7. The maximum atomic E-state index is 11.7. The average molecular weight is 359 g/mol. The fourth-order valence-corrected chi connectivity index (χ4v) is 2.73. The Morgan fingerprint density at radius 3 is 2.77 bits per heavy atom. The van der Waals surface area contributed by atoms with Crippen molar-refractivity contribution in [3.05, 3.63) is 40.2 Å². The van der Waals surface area contributed by atoms with Crippen molar-refractivity contribution in [2.45, 2.75) is 32.7 Å². The standard InChI is InChI=1S/C19H21NO6/c1-11-7-18(22)26-16-8-14(5-6-15(11)16)24-10-19(23)25-9-17(21)20-12(2)13-3-4-13/h5-8,12-13H,3-4,9-10H2,1-2H3,(H,20,21)/t12-/m1/s1. The summed E-state index contributed by atoms with van der Waals surface area (Å²) in [5, 5.41) is 3.60. The molecule has 1 saturated carbocycles. The molecule has 1 aliphatic rings. The predicted molar refractivity (Wildman–Crippen MR) is 94.0 cm³/mol.